The van der Waals surface area contributed by atoms with Gasteiger partial charge in [0.1, 0.15) is 5.69 Å². The first-order valence-electron chi connectivity index (χ1n) is 5.54. The van der Waals surface area contributed by atoms with Crippen LogP contribution in [0.15, 0.2) is 18.2 Å². The molecule has 1 saturated heterocycles. The molecule has 0 aliphatic carbocycles. The first kappa shape index (κ1) is 12.1. The summed E-state index contributed by atoms with van der Waals surface area (Å²) in [4.78, 5) is 12.6. The fourth-order valence-electron chi connectivity index (χ4n) is 2.28. The number of nitro groups is 1. The van der Waals surface area contributed by atoms with Crippen LogP contribution in [0.1, 0.15) is 12.8 Å². The molecule has 0 amide bonds. The van der Waals surface area contributed by atoms with Gasteiger partial charge in [-0.1, -0.05) is 11.6 Å². The minimum atomic E-state index is -0.377. The molecule has 6 heteroatoms. The lowest BCUT2D eigenvalue weighted by molar-refractivity contribution is -0.384. The largest absolute Gasteiger partial charge is 0.362 e. The van der Waals surface area contributed by atoms with Crippen LogP contribution in [0.3, 0.4) is 0 Å². The summed E-state index contributed by atoms with van der Waals surface area (Å²) in [6, 6.07) is 4.81. The molecule has 2 rings (SSSR count). The molecule has 92 valence electrons. The SMILES string of the molecule is NCC1CCCN1c1cc(Cl)ccc1[N+](=O)[O-]. The molecule has 0 spiro atoms. The molecule has 1 unspecified atom stereocenters. The summed E-state index contributed by atoms with van der Waals surface area (Å²) in [6.45, 7) is 1.30. The number of hydrogen-bond donors (Lipinski definition) is 1. The van der Waals surface area contributed by atoms with Crippen molar-refractivity contribution in [3.8, 4) is 0 Å². The molecule has 1 aromatic rings. The first-order valence-corrected chi connectivity index (χ1v) is 5.92. The van der Waals surface area contributed by atoms with Gasteiger partial charge >= 0.3 is 0 Å². The number of halogens is 1. The number of benzene rings is 1. The zero-order chi connectivity index (χ0) is 12.4. The van der Waals surface area contributed by atoms with Gasteiger partial charge in [-0.25, -0.2) is 0 Å². The zero-order valence-corrected chi connectivity index (χ0v) is 10.1. The van der Waals surface area contributed by atoms with Crippen LogP contribution >= 0.6 is 11.6 Å². The highest BCUT2D eigenvalue weighted by Crippen LogP contribution is 2.35. The Balaban J connectivity index is 2.42. The number of anilines is 1. The van der Waals surface area contributed by atoms with Gasteiger partial charge in [0.2, 0.25) is 0 Å². The van der Waals surface area contributed by atoms with E-state index in [9.17, 15) is 10.1 Å². The Morgan fingerprint density at radius 2 is 2.35 bits per heavy atom. The van der Waals surface area contributed by atoms with E-state index < -0.39 is 0 Å². The number of rotatable bonds is 3. The second kappa shape index (κ2) is 4.89. The third-order valence-electron chi connectivity index (χ3n) is 3.09. The Bertz CT molecular complexity index is 439. The number of nitro benzene ring substituents is 1. The van der Waals surface area contributed by atoms with Gasteiger partial charge in [-0.05, 0) is 25.0 Å². The normalized spacial score (nSPS) is 19.6. The average molecular weight is 256 g/mol. The second-order valence-electron chi connectivity index (χ2n) is 4.12. The van der Waals surface area contributed by atoms with Crippen molar-refractivity contribution in [2.24, 2.45) is 5.73 Å². The summed E-state index contributed by atoms with van der Waals surface area (Å²) >= 11 is 5.91. The van der Waals surface area contributed by atoms with Crippen molar-refractivity contribution in [1.29, 1.82) is 0 Å². The fraction of sp³-hybridized carbons (Fsp3) is 0.455. The quantitative estimate of drug-likeness (QED) is 0.664. The lowest BCUT2D eigenvalue weighted by Gasteiger charge is -2.25. The molecule has 1 heterocycles. The summed E-state index contributed by atoms with van der Waals surface area (Å²) in [5.41, 5.74) is 6.35. The minimum absolute atomic E-state index is 0.0924. The maximum absolute atomic E-state index is 11.0. The molecule has 5 nitrogen and oxygen atoms in total. The van der Waals surface area contributed by atoms with Crippen LogP contribution in [-0.4, -0.2) is 24.1 Å². The van der Waals surface area contributed by atoms with Crippen molar-refractivity contribution < 1.29 is 4.92 Å². The van der Waals surface area contributed by atoms with E-state index in [1.165, 1.54) is 12.1 Å². The Hall–Kier alpha value is -1.33. The van der Waals surface area contributed by atoms with E-state index >= 15 is 0 Å². The third-order valence-corrected chi connectivity index (χ3v) is 3.33. The molecule has 0 aromatic heterocycles. The molecule has 1 fully saturated rings. The van der Waals surface area contributed by atoms with Gasteiger partial charge in [0.25, 0.3) is 5.69 Å². The van der Waals surface area contributed by atoms with E-state index in [0.717, 1.165) is 19.4 Å². The van der Waals surface area contributed by atoms with Gasteiger partial charge in [-0.15, -0.1) is 0 Å². The Morgan fingerprint density at radius 3 is 3.00 bits per heavy atom. The summed E-state index contributed by atoms with van der Waals surface area (Å²) < 4.78 is 0. The van der Waals surface area contributed by atoms with Crippen LogP contribution in [0.2, 0.25) is 5.02 Å². The number of nitrogens with zero attached hydrogens (tertiary/aromatic N) is 2. The van der Waals surface area contributed by atoms with Gasteiger partial charge < -0.3 is 10.6 Å². The van der Waals surface area contributed by atoms with Crippen molar-refractivity contribution in [1.82, 2.24) is 0 Å². The van der Waals surface area contributed by atoms with Crippen molar-refractivity contribution in [3.63, 3.8) is 0 Å². The van der Waals surface area contributed by atoms with Crippen molar-refractivity contribution in [2.45, 2.75) is 18.9 Å². The maximum atomic E-state index is 11.0. The highest BCUT2D eigenvalue weighted by molar-refractivity contribution is 6.31. The molecule has 1 aliphatic heterocycles. The molecule has 1 aliphatic rings. The predicted molar refractivity (Wildman–Crippen MR) is 67.5 cm³/mol. The highest BCUT2D eigenvalue weighted by Gasteiger charge is 2.28. The average Bonchev–Trinajstić information content (AvgIpc) is 2.76. The van der Waals surface area contributed by atoms with Crippen molar-refractivity contribution >= 4 is 23.0 Å². The van der Waals surface area contributed by atoms with Crippen molar-refractivity contribution in [3.05, 3.63) is 33.3 Å². The van der Waals surface area contributed by atoms with Crippen LogP contribution in [-0.2, 0) is 0 Å². The monoisotopic (exact) mass is 255 g/mol. The molecule has 0 radical (unpaired) electrons. The molecule has 17 heavy (non-hydrogen) atoms. The lowest BCUT2D eigenvalue weighted by Crippen LogP contribution is -2.35. The smallest absolute Gasteiger partial charge is 0.292 e. The molecular weight excluding hydrogens is 242 g/mol. The summed E-state index contributed by atoms with van der Waals surface area (Å²) in [7, 11) is 0. The van der Waals surface area contributed by atoms with Gasteiger partial charge in [0.05, 0.1) is 4.92 Å². The number of nitrogens with two attached hydrogens (primary N) is 1. The summed E-state index contributed by atoms with van der Waals surface area (Å²) in [6.07, 6.45) is 1.98. The van der Waals surface area contributed by atoms with Crippen LogP contribution in [0, 0.1) is 10.1 Å². The Labute approximate surface area is 104 Å². The standard InChI is InChI=1S/C11H14ClN3O2/c12-8-3-4-10(15(16)17)11(6-8)14-5-1-2-9(14)7-13/h3-4,6,9H,1-2,5,7,13H2. The summed E-state index contributed by atoms with van der Waals surface area (Å²) in [5.74, 6) is 0. The number of hydrogen-bond acceptors (Lipinski definition) is 4. The third kappa shape index (κ3) is 2.35. The molecule has 0 saturated carbocycles. The van der Waals surface area contributed by atoms with E-state index in [0.29, 0.717) is 17.3 Å². The van der Waals surface area contributed by atoms with Crippen LogP contribution in [0.4, 0.5) is 11.4 Å². The molecule has 1 aromatic carbocycles. The molecule has 2 N–H and O–H groups in total. The van der Waals surface area contributed by atoms with Crippen LogP contribution in [0.5, 0.6) is 0 Å². The summed E-state index contributed by atoms with van der Waals surface area (Å²) in [5, 5.41) is 11.5. The molecule has 0 bridgehead atoms. The van der Waals surface area contributed by atoms with Gasteiger partial charge in [0.15, 0.2) is 0 Å². The van der Waals surface area contributed by atoms with Crippen molar-refractivity contribution in [2.75, 3.05) is 18.0 Å². The maximum Gasteiger partial charge on any atom is 0.292 e. The minimum Gasteiger partial charge on any atom is -0.362 e. The van der Waals surface area contributed by atoms with E-state index in [2.05, 4.69) is 0 Å². The van der Waals surface area contributed by atoms with Gasteiger partial charge in [0, 0.05) is 30.2 Å². The Morgan fingerprint density at radius 1 is 1.59 bits per heavy atom. The van der Waals surface area contributed by atoms with Crippen LogP contribution < -0.4 is 10.6 Å². The second-order valence-corrected chi connectivity index (χ2v) is 4.55. The fourth-order valence-corrected chi connectivity index (χ4v) is 2.45. The predicted octanol–water partition coefficient (Wildman–Crippen LogP) is 2.18. The lowest BCUT2D eigenvalue weighted by atomic mass is 10.2. The molecule has 1 atom stereocenters. The zero-order valence-electron chi connectivity index (χ0n) is 9.30. The van der Waals surface area contributed by atoms with Gasteiger partial charge in [-0.3, -0.25) is 10.1 Å². The van der Waals surface area contributed by atoms with Gasteiger partial charge in [-0.2, -0.15) is 0 Å². The Kier molecular flexibility index (Phi) is 3.49. The topological polar surface area (TPSA) is 72.4 Å². The van der Waals surface area contributed by atoms with E-state index in [1.807, 2.05) is 4.90 Å². The van der Waals surface area contributed by atoms with E-state index in [4.69, 9.17) is 17.3 Å². The van der Waals surface area contributed by atoms with E-state index in [1.54, 1.807) is 6.07 Å². The molecular formula is C11H14ClN3O2. The highest BCUT2D eigenvalue weighted by atomic mass is 35.5. The van der Waals surface area contributed by atoms with E-state index in [-0.39, 0.29) is 16.7 Å². The first-order chi connectivity index (χ1) is 8.13. The van der Waals surface area contributed by atoms with Crippen LogP contribution in [0.25, 0.3) is 0 Å².